The molecular weight excluding hydrogens is 603 g/mol. The second-order valence-electron chi connectivity index (χ2n) is 11.9. The lowest BCUT2D eigenvalue weighted by molar-refractivity contribution is 0.0342. The summed E-state index contributed by atoms with van der Waals surface area (Å²) in [5, 5.41) is 25.8. The molecule has 10 nitrogen and oxygen atoms in total. The van der Waals surface area contributed by atoms with Gasteiger partial charge in [0.15, 0.2) is 0 Å². The van der Waals surface area contributed by atoms with Gasteiger partial charge in [-0.1, -0.05) is 24.3 Å². The predicted octanol–water partition coefficient (Wildman–Crippen LogP) is 5.39. The standard InChI is InChI=1S/C36H37FN4O6/c37-26-20-33(35(45)40-28-9-7-27(8-10-28)39-34(44)24-4-1-5-29(42)17-24)36(38-21-26)47-31-6-2-3-23(19-31)32-12-11-30(43)18-25(32)22-41-13-15-46-16-14-41/h1-6,11-12,17-21,27-28,42-43H,7-10,13-16,22H2,(H,39,44)(H,40,45). The number of phenolic OH excluding ortho intramolecular Hbond substituents is 2. The first-order valence-electron chi connectivity index (χ1n) is 15.8. The number of hydrogen-bond acceptors (Lipinski definition) is 8. The van der Waals surface area contributed by atoms with Crippen LogP contribution in [0.4, 0.5) is 4.39 Å². The molecule has 1 saturated carbocycles. The van der Waals surface area contributed by atoms with Gasteiger partial charge in [0.05, 0.1) is 19.4 Å². The molecule has 1 aromatic heterocycles. The van der Waals surface area contributed by atoms with E-state index >= 15 is 0 Å². The maximum absolute atomic E-state index is 14.3. The number of nitrogens with one attached hydrogen (secondary N) is 2. The number of rotatable bonds is 9. The van der Waals surface area contributed by atoms with E-state index in [9.17, 15) is 24.2 Å². The number of ether oxygens (including phenoxy) is 2. The van der Waals surface area contributed by atoms with Gasteiger partial charge in [0, 0.05) is 37.3 Å². The van der Waals surface area contributed by atoms with Gasteiger partial charge in [0.1, 0.15) is 28.6 Å². The van der Waals surface area contributed by atoms with E-state index in [1.54, 1.807) is 30.3 Å². The Hall–Kier alpha value is -5.00. The molecule has 11 heteroatoms. The molecule has 3 aromatic carbocycles. The van der Waals surface area contributed by atoms with Crippen LogP contribution < -0.4 is 15.4 Å². The number of benzene rings is 3. The van der Waals surface area contributed by atoms with Crippen molar-refractivity contribution >= 4 is 11.8 Å². The highest BCUT2D eigenvalue weighted by molar-refractivity contribution is 5.97. The fourth-order valence-corrected chi connectivity index (χ4v) is 6.06. The Labute approximate surface area is 272 Å². The van der Waals surface area contributed by atoms with Crippen molar-refractivity contribution in [2.24, 2.45) is 0 Å². The quantitative estimate of drug-likeness (QED) is 0.191. The topological polar surface area (TPSA) is 133 Å². The molecule has 2 heterocycles. The minimum Gasteiger partial charge on any atom is -0.508 e. The van der Waals surface area contributed by atoms with Crippen LogP contribution in [-0.2, 0) is 11.3 Å². The normalized spacial score (nSPS) is 18.3. The van der Waals surface area contributed by atoms with Crippen LogP contribution in [0.1, 0.15) is 52.0 Å². The minimum absolute atomic E-state index is 0.0210. The third kappa shape index (κ3) is 8.24. The Kier molecular flexibility index (Phi) is 9.94. The van der Waals surface area contributed by atoms with Crippen molar-refractivity contribution < 1.29 is 33.7 Å². The fourth-order valence-electron chi connectivity index (χ4n) is 6.06. The summed E-state index contributed by atoms with van der Waals surface area (Å²) in [4.78, 5) is 32.3. The molecule has 0 radical (unpaired) electrons. The third-order valence-corrected chi connectivity index (χ3v) is 8.51. The molecule has 0 bridgehead atoms. The van der Waals surface area contributed by atoms with E-state index in [4.69, 9.17) is 9.47 Å². The molecule has 2 amide bonds. The number of phenols is 2. The van der Waals surface area contributed by atoms with Crippen LogP contribution in [0.2, 0.25) is 0 Å². The number of amides is 2. The van der Waals surface area contributed by atoms with Crippen molar-refractivity contribution in [3.05, 3.63) is 102 Å². The summed E-state index contributed by atoms with van der Waals surface area (Å²) in [6.45, 7) is 3.58. The summed E-state index contributed by atoms with van der Waals surface area (Å²) in [7, 11) is 0. The van der Waals surface area contributed by atoms with E-state index in [0.29, 0.717) is 56.8 Å². The first-order valence-corrected chi connectivity index (χ1v) is 15.8. The minimum atomic E-state index is -0.661. The molecule has 2 fully saturated rings. The van der Waals surface area contributed by atoms with Crippen LogP contribution in [0, 0.1) is 5.82 Å². The molecule has 1 aliphatic heterocycles. The summed E-state index contributed by atoms with van der Waals surface area (Å²) < 4.78 is 25.9. The van der Waals surface area contributed by atoms with E-state index in [0.717, 1.165) is 42.0 Å². The molecule has 47 heavy (non-hydrogen) atoms. The molecule has 1 aliphatic carbocycles. The molecule has 2 aliphatic rings. The zero-order valence-corrected chi connectivity index (χ0v) is 25.8. The summed E-state index contributed by atoms with van der Waals surface area (Å²) in [5.74, 6) is -0.812. The maximum Gasteiger partial charge on any atom is 0.257 e. The second kappa shape index (κ2) is 14.6. The average Bonchev–Trinajstić information content (AvgIpc) is 3.07. The number of aromatic hydroxyl groups is 2. The number of pyridine rings is 1. The van der Waals surface area contributed by atoms with Gasteiger partial charge in [-0.25, -0.2) is 9.37 Å². The first-order chi connectivity index (χ1) is 22.8. The largest absolute Gasteiger partial charge is 0.508 e. The van der Waals surface area contributed by atoms with Gasteiger partial charge >= 0.3 is 0 Å². The smallest absolute Gasteiger partial charge is 0.257 e. The van der Waals surface area contributed by atoms with E-state index in [1.807, 2.05) is 24.3 Å². The Bertz CT molecular complexity index is 1740. The van der Waals surface area contributed by atoms with E-state index in [1.165, 1.54) is 12.1 Å². The number of nitrogens with zero attached hydrogens (tertiary/aromatic N) is 2. The number of carbonyl (C=O) groups is 2. The SMILES string of the molecule is O=C(NC1CCC(NC(=O)c2cc(F)cnc2Oc2cccc(-c3ccc(O)cc3CN3CCOCC3)c2)CC1)c1cccc(O)c1. The highest BCUT2D eigenvalue weighted by Crippen LogP contribution is 2.33. The van der Waals surface area contributed by atoms with Crippen LogP contribution >= 0.6 is 0 Å². The van der Waals surface area contributed by atoms with E-state index < -0.39 is 11.7 Å². The van der Waals surface area contributed by atoms with Crippen molar-refractivity contribution in [3.63, 3.8) is 0 Å². The zero-order chi connectivity index (χ0) is 32.8. The van der Waals surface area contributed by atoms with Crippen molar-refractivity contribution in [2.75, 3.05) is 26.3 Å². The Morgan fingerprint density at radius 1 is 0.872 bits per heavy atom. The van der Waals surface area contributed by atoms with Gasteiger partial charge < -0.3 is 30.3 Å². The van der Waals surface area contributed by atoms with Crippen LogP contribution in [0.3, 0.4) is 0 Å². The van der Waals surface area contributed by atoms with Crippen LogP contribution in [-0.4, -0.2) is 70.3 Å². The number of carbonyl (C=O) groups excluding carboxylic acids is 2. The van der Waals surface area contributed by atoms with E-state index in [2.05, 4.69) is 20.5 Å². The maximum atomic E-state index is 14.3. The molecular formula is C36H37FN4O6. The monoisotopic (exact) mass is 640 g/mol. The number of hydrogen-bond donors (Lipinski definition) is 4. The lowest BCUT2D eigenvalue weighted by atomic mass is 9.90. The van der Waals surface area contributed by atoms with Crippen molar-refractivity contribution in [1.82, 2.24) is 20.5 Å². The van der Waals surface area contributed by atoms with Crippen LogP contribution in [0.25, 0.3) is 11.1 Å². The number of halogens is 1. The average molecular weight is 641 g/mol. The fraction of sp³-hybridized carbons (Fsp3) is 0.306. The lowest BCUT2D eigenvalue weighted by Gasteiger charge is -2.29. The number of morpholine rings is 1. The third-order valence-electron chi connectivity index (χ3n) is 8.51. The molecule has 4 aromatic rings. The van der Waals surface area contributed by atoms with Crippen molar-refractivity contribution in [1.29, 1.82) is 0 Å². The number of aromatic nitrogens is 1. The van der Waals surface area contributed by atoms with Crippen LogP contribution in [0.5, 0.6) is 23.1 Å². The molecule has 0 spiro atoms. The Balaban J connectivity index is 1.11. The molecule has 244 valence electrons. The molecule has 6 rings (SSSR count). The predicted molar refractivity (Wildman–Crippen MR) is 173 cm³/mol. The van der Waals surface area contributed by atoms with Gasteiger partial charge in [0.25, 0.3) is 11.8 Å². The second-order valence-corrected chi connectivity index (χ2v) is 11.9. The van der Waals surface area contributed by atoms with Crippen LogP contribution in [0.15, 0.2) is 79.0 Å². The first kappa shape index (κ1) is 32.0. The molecule has 4 N–H and O–H groups in total. The Morgan fingerprint density at radius 3 is 2.32 bits per heavy atom. The Morgan fingerprint density at radius 2 is 1.57 bits per heavy atom. The summed E-state index contributed by atoms with van der Waals surface area (Å²) in [5.41, 5.74) is 3.10. The van der Waals surface area contributed by atoms with Crippen molar-refractivity contribution in [2.45, 2.75) is 44.3 Å². The zero-order valence-electron chi connectivity index (χ0n) is 25.8. The lowest BCUT2D eigenvalue weighted by Crippen LogP contribution is -2.43. The van der Waals surface area contributed by atoms with Gasteiger partial charge in [-0.3, -0.25) is 14.5 Å². The van der Waals surface area contributed by atoms with Crippen molar-refractivity contribution in [3.8, 4) is 34.3 Å². The molecule has 0 atom stereocenters. The summed E-state index contributed by atoms with van der Waals surface area (Å²) in [6.07, 6.45) is 3.56. The van der Waals surface area contributed by atoms with Gasteiger partial charge in [-0.15, -0.1) is 0 Å². The molecule has 1 saturated heterocycles. The molecule has 0 unspecified atom stereocenters. The van der Waals surface area contributed by atoms with Gasteiger partial charge in [-0.05, 0) is 90.9 Å². The van der Waals surface area contributed by atoms with Gasteiger partial charge in [0.2, 0.25) is 5.88 Å². The van der Waals surface area contributed by atoms with E-state index in [-0.39, 0.29) is 40.9 Å². The van der Waals surface area contributed by atoms with Gasteiger partial charge in [-0.2, -0.15) is 0 Å². The highest BCUT2D eigenvalue weighted by atomic mass is 19.1. The highest BCUT2D eigenvalue weighted by Gasteiger charge is 2.26. The summed E-state index contributed by atoms with van der Waals surface area (Å²) in [6, 6.07) is 19.7. The summed E-state index contributed by atoms with van der Waals surface area (Å²) >= 11 is 0.